The topological polar surface area (TPSA) is 38.9 Å². The molecule has 0 spiro atoms. The Morgan fingerprint density at radius 1 is 0.419 bits per heavy atom. The van der Waals surface area contributed by atoms with Crippen molar-refractivity contribution < 1.29 is 4.42 Å². The van der Waals surface area contributed by atoms with Crippen molar-refractivity contribution in [3.8, 4) is 33.9 Å². The summed E-state index contributed by atoms with van der Waals surface area (Å²) in [5, 5.41) is 9.31. The minimum absolute atomic E-state index is 0.694. The third kappa shape index (κ3) is 3.75. The van der Waals surface area contributed by atoms with Crippen LogP contribution in [0, 0.1) is 0 Å². The number of benzene rings is 7. The van der Waals surface area contributed by atoms with Crippen LogP contribution in [0.15, 0.2) is 150 Å². The molecular formula is C40H24N2O. The second kappa shape index (κ2) is 9.37. The lowest BCUT2D eigenvalue weighted by molar-refractivity contribution is 0.669. The number of hydrogen-bond donors (Lipinski definition) is 0. The maximum atomic E-state index is 6.26. The van der Waals surface area contributed by atoms with Crippen LogP contribution in [-0.4, -0.2) is 9.97 Å². The molecule has 3 nitrogen and oxygen atoms in total. The molecule has 0 amide bonds. The number of fused-ring (bicyclic) bond motifs is 7. The van der Waals surface area contributed by atoms with Crippen LogP contribution in [-0.2, 0) is 0 Å². The number of rotatable bonds is 3. The number of nitrogens with zero attached hydrogens (tertiary/aromatic N) is 2. The molecule has 0 unspecified atom stereocenters. The molecule has 0 aliphatic rings. The van der Waals surface area contributed by atoms with Crippen LogP contribution in [0.4, 0.5) is 0 Å². The second-order valence-corrected chi connectivity index (χ2v) is 11.0. The summed E-state index contributed by atoms with van der Waals surface area (Å²) in [7, 11) is 0. The first-order chi connectivity index (χ1) is 21.3. The summed E-state index contributed by atoms with van der Waals surface area (Å²) in [6, 6.07) is 50.8. The minimum Gasteiger partial charge on any atom is -0.456 e. The lowest BCUT2D eigenvalue weighted by Crippen LogP contribution is -1.97. The Balaban J connectivity index is 1.44. The summed E-state index contributed by atoms with van der Waals surface area (Å²) in [4.78, 5) is 10.5. The quantitative estimate of drug-likeness (QED) is 0.163. The summed E-state index contributed by atoms with van der Waals surface area (Å²) >= 11 is 0. The van der Waals surface area contributed by atoms with Gasteiger partial charge in [-0.2, -0.15) is 0 Å². The molecule has 0 aliphatic heterocycles. The van der Waals surface area contributed by atoms with E-state index in [9.17, 15) is 0 Å². The van der Waals surface area contributed by atoms with Crippen molar-refractivity contribution in [3.05, 3.63) is 146 Å². The van der Waals surface area contributed by atoms with Gasteiger partial charge in [-0.25, -0.2) is 9.97 Å². The van der Waals surface area contributed by atoms with E-state index in [0.29, 0.717) is 5.82 Å². The molecule has 0 radical (unpaired) electrons. The maximum Gasteiger partial charge on any atom is 0.160 e. The number of furan rings is 1. The van der Waals surface area contributed by atoms with Crippen molar-refractivity contribution in [2.45, 2.75) is 0 Å². The van der Waals surface area contributed by atoms with E-state index >= 15 is 0 Å². The van der Waals surface area contributed by atoms with Gasteiger partial charge >= 0.3 is 0 Å². The van der Waals surface area contributed by atoms with Crippen molar-refractivity contribution >= 4 is 54.3 Å². The number of hydrogen-bond acceptors (Lipinski definition) is 3. The van der Waals surface area contributed by atoms with E-state index in [1.165, 1.54) is 32.3 Å². The summed E-state index contributed by atoms with van der Waals surface area (Å²) in [5.41, 5.74) is 6.60. The Hall–Kier alpha value is -5.80. The molecule has 9 aromatic rings. The van der Waals surface area contributed by atoms with Crippen LogP contribution >= 0.6 is 0 Å². The Bertz CT molecular complexity index is 2510. The normalized spacial score (nSPS) is 11.7. The molecule has 43 heavy (non-hydrogen) atoms. The molecule has 2 aromatic heterocycles. The fourth-order valence-corrected chi connectivity index (χ4v) is 6.52. The van der Waals surface area contributed by atoms with Gasteiger partial charge in [0.15, 0.2) is 5.82 Å². The molecule has 0 N–H and O–H groups in total. The van der Waals surface area contributed by atoms with E-state index in [0.717, 1.165) is 50.0 Å². The molecule has 0 aliphatic carbocycles. The summed E-state index contributed by atoms with van der Waals surface area (Å²) in [5.74, 6) is 0.694. The average molecular weight is 549 g/mol. The number of aromatic nitrogens is 2. The van der Waals surface area contributed by atoms with E-state index in [-0.39, 0.29) is 0 Å². The van der Waals surface area contributed by atoms with Crippen molar-refractivity contribution in [2.24, 2.45) is 0 Å². The zero-order valence-corrected chi connectivity index (χ0v) is 23.2. The summed E-state index contributed by atoms with van der Waals surface area (Å²) in [6.07, 6.45) is 0. The number of para-hydroxylation sites is 1. The van der Waals surface area contributed by atoms with Crippen molar-refractivity contribution in [1.29, 1.82) is 0 Å². The first-order valence-electron chi connectivity index (χ1n) is 14.5. The third-order valence-electron chi connectivity index (χ3n) is 8.45. The molecule has 0 saturated carbocycles. The highest BCUT2D eigenvalue weighted by atomic mass is 16.3. The standard InChI is InChI=1S/C40H24N2O/c1-2-12-26(13-3-1)40-41-33(31-18-10-20-36-38(31)32-17-8-9-19-35(32)43-36)24-34(42-40)39-30-16-7-5-14-27(30)23-28-22-21-25-11-4-6-15-29(25)37(28)39/h1-24H. The fraction of sp³-hybridized carbons (Fsp3) is 0. The largest absolute Gasteiger partial charge is 0.456 e. The van der Waals surface area contributed by atoms with Crippen molar-refractivity contribution in [1.82, 2.24) is 9.97 Å². The van der Waals surface area contributed by atoms with Crippen molar-refractivity contribution in [3.63, 3.8) is 0 Å². The second-order valence-electron chi connectivity index (χ2n) is 11.0. The zero-order valence-electron chi connectivity index (χ0n) is 23.2. The highest BCUT2D eigenvalue weighted by molar-refractivity contribution is 6.22. The summed E-state index contributed by atoms with van der Waals surface area (Å²) in [6.45, 7) is 0. The lowest BCUT2D eigenvalue weighted by atomic mass is 9.90. The fourth-order valence-electron chi connectivity index (χ4n) is 6.52. The van der Waals surface area contributed by atoms with Gasteiger partial charge in [0.1, 0.15) is 11.2 Å². The van der Waals surface area contributed by atoms with Crippen LogP contribution in [0.5, 0.6) is 0 Å². The average Bonchev–Trinajstić information content (AvgIpc) is 3.46. The Morgan fingerprint density at radius 2 is 1.09 bits per heavy atom. The van der Waals surface area contributed by atoms with Gasteiger partial charge in [0.2, 0.25) is 0 Å². The SMILES string of the molecule is c1ccc(-c2nc(-c3c4ccccc4cc4ccc5ccccc5c34)cc(-c3cccc4oc5ccccc5c34)n2)cc1. The molecule has 0 atom stereocenters. The van der Waals surface area contributed by atoms with Gasteiger partial charge in [-0.15, -0.1) is 0 Å². The predicted octanol–water partition coefficient (Wildman–Crippen LogP) is 10.8. The van der Waals surface area contributed by atoms with Crippen LogP contribution in [0.2, 0.25) is 0 Å². The molecule has 7 aromatic carbocycles. The molecule has 3 heteroatoms. The molecule has 200 valence electrons. The monoisotopic (exact) mass is 548 g/mol. The third-order valence-corrected chi connectivity index (χ3v) is 8.45. The maximum absolute atomic E-state index is 6.26. The van der Waals surface area contributed by atoms with E-state index in [1.54, 1.807) is 0 Å². The molecular weight excluding hydrogens is 524 g/mol. The highest BCUT2D eigenvalue weighted by Crippen LogP contribution is 2.42. The smallest absolute Gasteiger partial charge is 0.160 e. The molecule has 0 bridgehead atoms. The van der Waals surface area contributed by atoms with Crippen LogP contribution in [0.3, 0.4) is 0 Å². The first kappa shape index (κ1) is 23.9. The minimum atomic E-state index is 0.694. The van der Waals surface area contributed by atoms with Gasteiger partial charge in [0.25, 0.3) is 0 Å². The Kier molecular flexibility index (Phi) is 5.20. The zero-order chi connectivity index (χ0) is 28.3. The summed E-state index contributed by atoms with van der Waals surface area (Å²) < 4.78 is 6.26. The van der Waals surface area contributed by atoms with Gasteiger partial charge in [0.05, 0.1) is 11.4 Å². The van der Waals surface area contributed by atoms with E-state index in [1.807, 2.05) is 42.5 Å². The van der Waals surface area contributed by atoms with E-state index in [2.05, 4.69) is 103 Å². The Labute approximate surface area is 247 Å². The lowest BCUT2D eigenvalue weighted by Gasteiger charge is -2.16. The predicted molar refractivity (Wildman–Crippen MR) is 178 cm³/mol. The van der Waals surface area contributed by atoms with E-state index < -0.39 is 0 Å². The molecule has 0 saturated heterocycles. The molecule has 9 rings (SSSR count). The van der Waals surface area contributed by atoms with Crippen molar-refractivity contribution in [2.75, 3.05) is 0 Å². The van der Waals surface area contributed by atoms with Crippen LogP contribution < -0.4 is 0 Å². The van der Waals surface area contributed by atoms with Gasteiger partial charge < -0.3 is 4.42 Å². The van der Waals surface area contributed by atoms with Crippen LogP contribution in [0.1, 0.15) is 0 Å². The van der Waals surface area contributed by atoms with Gasteiger partial charge in [-0.3, -0.25) is 0 Å². The molecule has 2 heterocycles. The van der Waals surface area contributed by atoms with E-state index in [4.69, 9.17) is 14.4 Å². The van der Waals surface area contributed by atoms with Gasteiger partial charge in [-0.1, -0.05) is 121 Å². The highest BCUT2D eigenvalue weighted by Gasteiger charge is 2.19. The van der Waals surface area contributed by atoms with Crippen LogP contribution in [0.25, 0.3) is 88.2 Å². The van der Waals surface area contributed by atoms with Gasteiger partial charge in [0, 0.05) is 27.5 Å². The first-order valence-corrected chi connectivity index (χ1v) is 14.5. The Morgan fingerprint density at radius 3 is 1.98 bits per heavy atom. The molecule has 0 fully saturated rings. The van der Waals surface area contributed by atoms with Gasteiger partial charge in [-0.05, 0) is 56.6 Å².